The van der Waals surface area contributed by atoms with Gasteiger partial charge in [0.15, 0.2) is 0 Å². The van der Waals surface area contributed by atoms with Crippen LogP contribution in [0.1, 0.15) is 25.7 Å². The molecule has 0 bridgehead atoms. The van der Waals surface area contributed by atoms with E-state index in [0.717, 1.165) is 19.3 Å². The summed E-state index contributed by atoms with van der Waals surface area (Å²) in [4.78, 5) is 32.7. The second-order valence-electron chi connectivity index (χ2n) is 3.62. The van der Waals surface area contributed by atoms with E-state index < -0.39 is 11.8 Å². The van der Waals surface area contributed by atoms with Crippen LogP contribution in [0, 0.1) is 0 Å². The van der Waals surface area contributed by atoms with Gasteiger partial charge in [0, 0.05) is 6.42 Å². The van der Waals surface area contributed by atoms with E-state index in [-0.39, 0.29) is 19.0 Å². The van der Waals surface area contributed by atoms with Crippen molar-refractivity contribution < 1.29 is 14.4 Å². The number of hydrogen-bond acceptors (Lipinski definition) is 4. The van der Waals surface area contributed by atoms with Crippen molar-refractivity contribution in [2.75, 3.05) is 19.6 Å². The summed E-state index contributed by atoms with van der Waals surface area (Å²) in [6, 6.07) is 0. The van der Waals surface area contributed by atoms with E-state index in [1.165, 1.54) is 0 Å². The number of nitrogens with two attached hydrogens (primary N) is 2. The predicted octanol–water partition coefficient (Wildman–Crippen LogP) is -1.78. The average Bonchev–Trinajstić information content (AvgIpc) is 2.29. The zero-order valence-electron chi connectivity index (χ0n) is 9.83. The first kappa shape index (κ1) is 15.4. The summed E-state index contributed by atoms with van der Waals surface area (Å²) >= 11 is 0. The van der Waals surface area contributed by atoms with Gasteiger partial charge < -0.3 is 22.1 Å². The Labute approximate surface area is 100 Å². The zero-order chi connectivity index (χ0) is 13.1. The Kier molecular flexibility index (Phi) is 8.67. The van der Waals surface area contributed by atoms with Crippen molar-refractivity contribution in [2.24, 2.45) is 11.5 Å². The molecule has 7 heteroatoms. The molecule has 0 unspecified atom stereocenters. The van der Waals surface area contributed by atoms with E-state index in [2.05, 4.69) is 10.6 Å². The highest BCUT2D eigenvalue weighted by atomic mass is 16.2. The molecular formula is C10H20N4O3. The van der Waals surface area contributed by atoms with E-state index in [0.29, 0.717) is 13.0 Å². The maximum absolute atomic E-state index is 11.2. The van der Waals surface area contributed by atoms with Gasteiger partial charge in [0.2, 0.25) is 17.7 Å². The van der Waals surface area contributed by atoms with Gasteiger partial charge in [-0.05, 0) is 19.4 Å². The van der Waals surface area contributed by atoms with Crippen molar-refractivity contribution in [3.63, 3.8) is 0 Å². The van der Waals surface area contributed by atoms with Crippen molar-refractivity contribution in [1.29, 1.82) is 0 Å². The molecule has 0 rings (SSSR count). The van der Waals surface area contributed by atoms with Gasteiger partial charge in [-0.2, -0.15) is 0 Å². The van der Waals surface area contributed by atoms with Gasteiger partial charge in [0.05, 0.1) is 13.1 Å². The van der Waals surface area contributed by atoms with Crippen LogP contribution in [0.5, 0.6) is 0 Å². The normalized spacial score (nSPS) is 9.71. The van der Waals surface area contributed by atoms with Gasteiger partial charge >= 0.3 is 0 Å². The topological polar surface area (TPSA) is 127 Å². The van der Waals surface area contributed by atoms with Crippen molar-refractivity contribution in [2.45, 2.75) is 25.7 Å². The molecule has 17 heavy (non-hydrogen) atoms. The second kappa shape index (κ2) is 9.59. The Bertz CT molecular complexity index is 268. The summed E-state index contributed by atoms with van der Waals surface area (Å²) < 4.78 is 0. The van der Waals surface area contributed by atoms with E-state index in [1.54, 1.807) is 0 Å². The third kappa shape index (κ3) is 10.6. The maximum atomic E-state index is 11.2. The smallest absolute Gasteiger partial charge is 0.239 e. The van der Waals surface area contributed by atoms with Gasteiger partial charge in [-0.25, -0.2) is 0 Å². The standard InChI is InChI=1S/C10H20N4O3/c11-5-3-1-2-4-9(16)14-7-10(17)13-6-8(12)15/h1-7,11H2,(H2,12,15)(H,13,17)(H,14,16). The molecule has 0 fully saturated rings. The molecule has 0 aliphatic heterocycles. The molecule has 6 N–H and O–H groups in total. The van der Waals surface area contributed by atoms with Crippen LogP contribution in [-0.2, 0) is 14.4 Å². The summed E-state index contributed by atoms with van der Waals surface area (Å²) in [5, 5.41) is 4.72. The first-order valence-corrected chi connectivity index (χ1v) is 5.58. The minimum atomic E-state index is -0.619. The summed E-state index contributed by atoms with van der Waals surface area (Å²) in [5.41, 5.74) is 10.2. The Morgan fingerprint density at radius 1 is 0.882 bits per heavy atom. The van der Waals surface area contributed by atoms with E-state index >= 15 is 0 Å². The highest BCUT2D eigenvalue weighted by Crippen LogP contribution is 1.97. The van der Waals surface area contributed by atoms with Crippen molar-refractivity contribution in [3.05, 3.63) is 0 Å². The van der Waals surface area contributed by atoms with Crippen LogP contribution in [0.3, 0.4) is 0 Å². The molecule has 0 radical (unpaired) electrons. The fourth-order valence-electron chi connectivity index (χ4n) is 1.12. The summed E-state index contributed by atoms with van der Waals surface area (Å²) in [6.45, 7) is 0.269. The molecule has 0 aliphatic rings. The van der Waals surface area contributed by atoms with E-state index in [4.69, 9.17) is 11.5 Å². The summed E-state index contributed by atoms with van der Waals surface area (Å²) in [5.74, 6) is -1.23. The molecule has 0 spiro atoms. The minimum Gasteiger partial charge on any atom is -0.368 e. The highest BCUT2D eigenvalue weighted by Gasteiger charge is 2.05. The summed E-state index contributed by atoms with van der Waals surface area (Å²) in [6.07, 6.45) is 2.93. The Morgan fingerprint density at radius 2 is 1.53 bits per heavy atom. The molecule has 0 aromatic rings. The lowest BCUT2D eigenvalue weighted by Crippen LogP contribution is -2.40. The molecule has 0 heterocycles. The van der Waals surface area contributed by atoms with Crippen LogP contribution in [0.4, 0.5) is 0 Å². The highest BCUT2D eigenvalue weighted by molar-refractivity contribution is 5.87. The second-order valence-corrected chi connectivity index (χ2v) is 3.62. The lowest BCUT2D eigenvalue weighted by Gasteiger charge is -2.05. The minimum absolute atomic E-state index is 0.136. The fraction of sp³-hybridized carbons (Fsp3) is 0.700. The molecule has 3 amide bonds. The average molecular weight is 244 g/mol. The van der Waals surface area contributed by atoms with Crippen molar-refractivity contribution in [3.8, 4) is 0 Å². The molecule has 0 aromatic carbocycles. The number of rotatable bonds is 9. The van der Waals surface area contributed by atoms with Gasteiger partial charge in [-0.1, -0.05) is 6.42 Å². The number of hydrogen-bond donors (Lipinski definition) is 4. The van der Waals surface area contributed by atoms with Gasteiger partial charge in [-0.15, -0.1) is 0 Å². The molecule has 0 saturated carbocycles. The SMILES string of the molecule is NCCCCCC(=O)NCC(=O)NCC(N)=O. The molecule has 7 nitrogen and oxygen atoms in total. The quantitative estimate of drug-likeness (QED) is 0.358. The van der Waals surface area contributed by atoms with Crippen LogP contribution in [-0.4, -0.2) is 37.4 Å². The van der Waals surface area contributed by atoms with E-state index in [1.807, 2.05) is 0 Å². The lowest BCUT2D eigenvalue weighted by molar-refractivity contribution is -0.127. The first-order chi connectivity index (χ1) is 8.06. The van der Waals surface area contributed by atoms with Crippen LogP contribution in [0.25, 0.3) is 0 Å². The zero-order valence-corrected chi connectivity index (χ0v) is 9.83. The van der Waals surface area contributed by atoms with Gasteiger partial charge in [-0.3, -0.25) is 14.4 Å². The third-order valence-electron chi connectivity index (χ3n) is 2.01. The van der Waals surface area contributed by atoms with E-state index in [9.17, 15) is 14.4 Å². The molecule has 0 saturated heterocycles. The van der Waals surface area contributed by atoms with Gasteiger partial charge in [0.1, 0.15) is 0 Å². The molecule has 98 valence electrons. The number of carbonyl (C=O) groups is 3. The fourth-order valence-corrected chi connectivity index (χ4v) is 1.12. The van der Waals surface area contributed by atoms with Crippen LogP contribution < -0.4 is 22.1 Å². The number of nitrogens with one attached hydrogen (secondary N) is 2. The summed E-state index contributed by atoms with van der Waals surface area (Å²) in [7, 11) is 0. The number of amides is 3. The number of primary amides is 1. The largest absolute Gasteiger partial charge is 0.368 e. The van der Waals surface area contributed by atoms with Crippen LogP contribution in [0.2, 0.25) is 0 Å². The molecular weight excluding hydrogens is 224 g/mol. The predicted molar refractivity (Wildman–Crippen MR) is 62.7 cm³/mol. The Morgan fingerprint density at radius 3 is 2.12 bits per heavy atom. The Balaban J connectivity index is 3.49. The third-order valence-corrected chi connectivity index (χ3v) is 2.01. The molecule has 0 aromatic heterocycles. The van der Waals surface area contributed by atoms with Crippen LogP contribution >= 0.6 is 0 Å². The number of unbranched alkanes of at least 4 members (excludes halogenated alkanes) is 2. The Hall–Kier alpha value is -1.63. The maximum Gasteiger partial charge on any atom is 0.239 e. The number of carbonyl (C=O) groups excluding carboxylic acids is 3. The van der Waals surface area contributed by atoms with Crippen molar-refractivity contribution in [1.82, 2.24) is 10.6 Å². The lowest BCUT2D eigenvalue weighted by atomic mass is 10.2. The van der Waals surface area contributed by atoms with Crippen molar-refractivity contribution >= 4 is 17.7 Å². The molecule has 0 aliphatic carbocycles. The van der Waals surface area contributed by atoms with Crippen LogP contribution in [0.15, 0.2) is 0 Å². The first-order valence-electron chi connectivity index (χ1n) is 5.58. The monoisotopic (exact) mass is 244 g/mol. The molecule has 0 atom stereocenters. The van der Waals surface area contributed by atoms with Gasteiger partial charge in [0.25, 0.3) is 0 Å².